The number of amides is 1. The first kappa shape index (κ1) is 15.0. The van der Waals surface area contributed by atoms with Crippen LogP contribution in [-0.4, -0.2) is 44.7 Å². The van der Waals surface area contributed by atoms with Crippen molar-refractivity contribution in [3.8, 4) is 0 Å². The summed E-state index contributed by atoms with van der Waals surface area (Å²) in [5.41, 5.74) is 2.63. The summed E-state index contributed by atoms with van der Waals surface area (Å²) in [6.07, 6.45) is 3.78. The quantitative estimate of drug-likeness (QED) is 0.833. The minimum Gasteiger partial charge on any atom is -0.396 e. The first-order chi connectivity index (χ1) is 10.6. The van der Waals surface area contributed by atoms with E-state index in [4.69, 9.17) is 5.11 Å². The molecule has 1 aliphatic rings. The number of hydrogen-bond acceptors (Lipinski definition) is 3. The molecule has 0 aliphatic heterocycles. The van der Waals surface area contributed by atoms with Crippen molar-refractivity contribution in [2.75, 3.05) is 13.2 Å². The van der Waals surface area contributed by atoms with Crippen molar-refractivity contribution in [1.82, 2.24) is 14.5 Å². The second-order valence-electron chi connectivity index (χ2n) is 6.08. The minimum atomic E-state index is 0.0886. The van der Waals surface area contributed by atoms with Gasteiger partial charge in [0.2, 0.25) is 0 Å². The van der Waals surface area contributed by atoms with Crippen LogP contribution in [0.15, 0.2) is 18.2 Å². The van der Waals surface area contributed by atoms with Gasteiger partial charge in [-0.1, -0.05) is 0 Å². The highest BCUT2D eigenvalue weighted by molar-refractivity contribution is 5.97. The van der Waals surface area contributed by atoms with Crippen LogP contribution >= 0.6 is 0 Å². The molecule has 0 radical (unpaired) electrons. The Morgan fingerprint density at radius 2 is 2.18 bits per heavy atom. The number of fused-ring (bicyclic) bond motifs is 1. The summed E-state index contributed by atoms with van der Waals surface area (Å²) >= 11 is 0. The average Bonchev–Trinajstić information content (AvgIpc) is 3.30. The van der Waals surface area contributed by atoms with E-state index < -0.39 is 0 Å². The summed E-state index contributed by atoms with van der Waals surface area (Å²) in [5.74, 6) is 1.03. The summed E-state index contributed by atoms with van der Waals surface area (Å²) in [5, 5.41) is 8.92. The summed E-state index contributed by atoms with van der Waals surface area (Å²) < 4.78 is 2.03. The Labute approximate surface area is 130 Å². The topological polar surface area (TPSA) is 58.4 Å². The third-order valence-electron chi connectivity index (χ3n) is 4.41. The Hall–Kier alpha value is -1.88. The van der Waals surface area contributed by atoms with Crippen molar-refractivity contribution in [2.24, 2.45) is 7.05 Å². The van der Waals surface area contributed by atoms with Crippen molar-refractivity contribution in [1.29, 1.82) is 0 Å². The number of hydrogen-bond donors (Lipinski definition) is 1. The fourth-order valence-electron chi connectivity index (χ4n) is 2.85. The fourth-order valence-corrected chi connectivity index (χ4v) is 2.85. The van der Waals surface area contributed by atoms with E-state index in [1.54, 1.807) is 0 Å². The SMILES string of the molecule is Cc1nc2cc(C(=O)N(CCCCO)C3CC3)ccc2n1C. The number of aliphatic hydroxyl groups is 1. The van der Waals surface area contributed by atoms with Crippen molar-refractivity contribution in [3.63, 3.8) is 0 Å². The Bertz CT molecular complexity index is 689. The summed E-state index contributed by atoms with van der Waals surface area (Å²) in [4.78, 5) is 19.3. The molecule has 0 unspecified atom stereocenters. The molecular weight excluding hydrogens is 278 g/mol. The van der Waals surface area contributed by atoms with Gasteiger partial charge in [-0.15, -0.1) is 0 Å². The predicted molar refractivity (Wildman–Crippen MR) is 85.8 cm³/mol. The number of nitrogens with zero attached hydrogens (tertiary/aromatic N) is 3. The summed E-state index contributed by atoms with van der Waals surface area (Å²) in [6, 6.07) is 6.15. The highest BCUT2D eigenvalue weighted by Gasteiger charge is 2.32. The monoisotopic (exact) mass is 301 g/mol. The van der Waals surface area contributed by atoms with E-state index in [0.29, 0.717) is 11.6 Å². The van der Waals surface area contributed by atoms with Gasteiger partial charge in [-0.3, -0.25) is 4.79 Å². The van der Waals surface area contributed by atoms with Crippen LogP contribution in [-0.2, 0) is 7.05 Å². The molecule has 0 spiro atoms. The number of rotatable bonds is 6. The molecule has 1 heterocycles. The number of imidazole rings is 1. The van der Waals surface area contributed by atoms with E-state index in [1.807, 2.05) is 41.6 Å². The molecule has 1 saturated carbocycles. The Morgan fingerprint density at radius 1 is 1.41 bits per heavy atom. The van der Waals surface area contributed by atoms with Crippen LogP contribution in [0, 0.1) is 6.92 Å². The van der Waals surface area contributed by atoms with Crippen LogP contribution in [0.3, 0.4) is 0 Å². The van der Waals surface area contributed by atoms with Gasteiger partial charge >= 0.3 is 0 Å². The molecule has 5 heteroatoms. The van der Waals surface area contributed by atoms with Crippen molar-refractivity contribution < 1.29 is 9.90 Å². The molecule has 22 heavy (non-hydrogen) atoms. The van der Waals surface area contributed by atoms with Crippen LogP contribution < -0.4 is 0 Å². The maximum Gasteiger partial charge on any atom is 0.254 e. The molecule has 1 aromatic carbocycles. The predicted octanol–water partition coefficient (Wildman–Crippen LogP) is 2.26. The molecule has 1 fully saturated rings. The maximum atomic E-state index is 12.8. The molecule has 1 amide bonds. The largest absolute Gasteiger partial charge is 0.396 e. The first-order valence-corrected chi connectivity index (χ1v) is 7.96. The first-order valence-electron chi connectivity index (χ1n) is 7.96. The second-order valence-corrected chi connectivity index (χ2v) is 6.08. The smallest absolute Gasteiger partial charge is 0.254 e. The molecule has 1 aromatic heterocycles. The van der Waals surface area contributed by atoms with Crippen molar-refractivity contribution in [2.45, 2.75) is 38.6 Å². The fraction of sp³-hybridized carbons (Fsp3) is 0.529. The van der Waals surface area contributed by atoms with Gasteiger partial charge in [-0.2, -0.15) is 0 Å². The van der Waals surface area contributed by atoms with E-state index in [1.165, 1.54) is 0 Å². The summed E-state index contributed by atoms with van der Waals surface area (Å²) in [7, 11) is 1.98. The number of benzene rings is 1. The zero-order chi connectivity index (χ0) is 15.7. The van der Waals surface area contributed by atoms with Crippen LogP contribution in [0.1, 0.15) is 41.9 Å². The van der Waals surface area contributed by atoms with Gasteiger partial charge < -0.3 is 14.6 Å². The number of aromatic nitrogens is 2. The molecule has 118 valence electrons. The summed E-state index contributed by atoms with van der Waals surface area (Å²) in [6.45, 7) is 2.88. The molecule has 0 bridgehead atoms. The van der Waals surface area contributed by atoms with Gasteiger partial charge in [-0.05, 0) is 50.8 Å². The second kappa shape index (κ2) is 6.08. The number of aliphatic hydroxyl groups excluding tert-OH is 1. The Morgan fingerprint density at radius 3 is 2.86 bits per heavy atom. The van der Waals surface area contributed by atoms with Crippen LogP contribution in [0.2, 0.25) is 0 Å². The van der Waals surface area contributed by atoms with Gasteiger partial charge in [0.1, 0.15) is 5.82 Å². The number of aryl methyl sites for hydroxylation is 2. The maximum absolute atomic E-state index is 12.8. The van der Waals surface area contributed by atoms with Crippen molar-refractivity contribution in [3.05, 3.63) is 29.6 Å². The lowest BCUT2D eigenvalue weighted by Gasteiger charge is -2.22. The van der Waals surface area contributed by atoms with Gasteiger partial charge in [-0.25, -0.2) is 4.98 Å². The lowest BCUT2D eigenvalue weighted by molar-refractivity contribution is 0.0737. The third kappa shape index (κ3) is 2.86. The van der Waals surface area contributed by atoms with Gasteiger partial charge in [0.15, 0.2) is 0 Å². The van der Waals surface area contributed by atoms with Gasteiger partial charge in [0.25, 0.3) is 5.91 Å². The average molecular weight is 301 g/mol. The zero-order valence-electron chi connectivity index (χ0n) is 13.2. The lowest BCUT2D eigenvalue weighted by atomic mass is 10.1. The molecule has 1 aliphatic carbocycles. The highest BCUT2D eigenvalue weighted by atomic mass is 16.3. The lowest BCUT2D eigenvalue weighted by Crippen LogP contribution is -2.34. The molecule has 0 saturated heterocycles. The number of carbonyl (C=O) groups is 1. The molecular formula is C17H23N3O2. The van der Waals surface area contributed by atoms with Crippen molar-refractivity contribution >= 4 is 16.9 Å². The highest BCUT2D eigenvalue weighted by Crippen LogP contribution is 2.29. The standard InChI is InChI=1S/C17H23N3O2/c1-12-18-15-11-13(5-8-16(15)19(12)2)17(22)20(14-6-7-14)9-3-4-10-21/h5,8,11,14,21H,3-4,6-7,9-10H2,1-2H3. The van der Waals surface area contributed by atoms with E-state index in [0.717, 1.165) is 49.1 Å². The van der Waals surface area contributed by atoms with E-state index in [-0.39, 0.29) is 12.5 Å². The zero-order valence-corrected chi connectivity index (χ0v) is 13.2. The van der Waals surface area contributed by atoms with Crippen LogP contribution in [0.5, 0.6) is 0 Å². The molecule has 2 aromatic rings. The third-order valence-corrected chi connectivity index (χ3v) is 4.41. The van der Waals surface area contributed by atoms with E-state index in [9.17, 15) is 4.79 Å². The number of carbonyl (C=O) groups excluding carboxylic acids is 1. The molecule has 1 N–H and O–H groups in total. The Kier molecular flexibility index (Phi) is 4.16. The molecule has 0 atom stereocenters. The molecule has 5 nitrogen and oxygen atoms in total. The van der Waals surface area contributed by atoms with Crippen LogP contribution in [0.4, 0.5) is 0 Å². The normalized spacial score (nSPS) is 14.5. The minimum absolute atomic E-state index is 0.0886. The van der Waals surface area contributed by atoms with E-state index >= 15 is 0 Å². The van der Waals surface area contributed by atoms with E-state index in [2.05, 4.69) is 4.98 Å². The van der Waals surface area contributed by atoms with Gasteiger partial charge in [0, 0.05) is 31.8 Å². The van der Waals surface area contributed by atoms with Gasteiger partial charge in [0.05, 0.1) is 11.0 Å². The Balaban J connectivity index is 1.83. The molecule has 3 rings (SSSR count). The number of unbranched alkanes of at least 4 members (excludes halogenated alkanes) is 1. The van der Waals surface area contributed by atoms with Crippen LogP contribution in [0.25, 0.3) is 11.0 Å².